The standard InChI is InChI=1S/C53H50N2.C2H6/c1-5-16-45-44(43-21-12-11-18-36(43)4)23-15-25-51(45)55-50-24-14-13-22-46(50)48-35-40(29-33-53(48)55)39-28-32-52-47(34-39)42(7-3)49(17-6-2)54(52)41-30-26-38(27-31-41)37-19-9-8-10-20-37;1-2/h6,8-15,17-19,21-24,26-35,37,51H,5,7,16,20,25H2,1-4H3;1-2H3/b17-6-;. The van der Waals surface area contributed by atoms with Crippen LogP contribution in [0.1, 0.15) is 100 Å². The third-order valence-corrected chi connectivity index (χ3v) is 12.1. The van der Waals surface area contributed by atoms with Crippen LogP contribution in [0.3, 0.4) is 0 Å². The van der Waals surface area contributed by atoms with Crippen molar-refractivity contribution in [1.82, 2.24) is 9.13 Å². The largest absolute Gasteiger partial charge is 0.333 e. The van der Waals surface area contributed by atoms with Crippen molar-refractivity contribution in [2.24, 2.45) is 0 Å². The molecule has 2 unspecified atom stereocenters. The average molecular weight is 745 g/mol. The van der Waals surface area contributed by atoms with Crippen LogP contribution in [0.5, 0.6) is 0 Å². The van der Waals surface area contributed by atoms with Crippen molar-refractivity contribution in [2.45, 2.75) is 85.6 Å². The predicted molar refractivity (Wildman–Crippen MR) is 249 cm³/mol. The van der Waals surface area contributed by atoms with Gasteiger partial charge in [-0.1, -0.05) is 143 Å². The SMILES string of the molecule is C/C=C\c1c(CC)c2cc(-c3ccc4c(c3)c3ccccc3n4C3CC=CC(c4ccccc4C)=C3CCC)ccc2n1-c1ccc(C2C=CC=CC2)cc1.CC. The molecule has 0 fully saturated rings. The lowest BCUT2D eigenvalue weighted by molar-refractivity contribution is 0.585. The highest BCUT2D eigenvalue weighted by Gasteiger charge is 2.26. The molecule has 0 bridgehead atoms. The van der Waals surface area contributed by atoms with Crippen molar-refractivity contribution < 1.29 is 0 Å². The molecule has 0 amide bonds. The molecule has 286 valence electrons. The maximum Gasteiger partial charge on any atom is 0.0595 e. The predicted octanol–water partition coefficient (Wildman–Crippen LogP) is 15.7. The number of rotatable bonds is 9. The Kier molecular flexibility index (Phi) is 11.1. The summed E-state index contributed by atoms with van der Waals surface area (Å²) in [5.41, 5.74) is 17.3. The number of nitrogens with zero attached hydrogens (tertiary/aromatic N) is 2. The van der Waals surface area contributed by atoms with Crippen molar-refractivity contribution in [3.8, 4) is 16.8 Å². The summed E-state index contributed by atoms with van der Waals surface area (Å²) in [5, 5.41) is 3.97. The first-order valence-electron chi connectivity index (χ1n) is 21.3. The fraction of sp³-hybridized carbons (Fsp3) is 0.236. The highest BCUT2D eigenvalue weighted by Crippen LogP contribution is 2.44. The van der Waals surface area contributed by atoms with Gasteiger partial charge in [-0.15, -0.1) is 0 Å². The second kappa shape index (κ2) is 16.7. The first-order valence-corrected chi connectivity index (χ1v) is 21.3. The van der Waals surface area contributed by atoms with Gasteiger partial charge in [-0.3, -0.25) is 0 Å². The van der Waals surface area contributed by atoms with Crippen molar-refractivity contribution in [3.63, 3.8) is 0 Å². The van der Waals surface area contributed by atoms with Gasteiger partial charge in [0, 0.05) is 44.5 Å². The summed E-state index contributed by atoms with van der Waals surface area (Å²) in [7, 11) is 0. The van der Waals surface area contributed by atoms with Crippen LogP contribution in [0.25, 0.3) is 61.2 Å². The van der Waals surface area contributed by atoms with E-state index in [9.17, 15) is 0 Å². The maximum atomic E-state index is 2.65. The zero-order valence-electron chi connectivity index (χ0n) is 34.6. The van der Waals surface area contributed by atoms with Crippen LogP contribution in [0.15, 0.2) is 157 Å². The van der Waals surface area contributed by atoms with E-state index in [1.165, 1.54) is 83.0 Å². The molecular formula is C55H56N2. The summed E-state index contributed by atoms with van der Waals surface area (Å²) in [6.45, 7) is 13.0. The van der Waals surface area contributed by atoms with E-state index in [1.807, 2.05) is 13.8 Å². The molecule has 0 radical (unpaired) electrons. The Morgan fingerprint density at radius 1 is 0.702 bits per heavy atom. The Hall–Kier alpha value is -5.86. The summed E-state index contributed by atoms with van der Waals surface area (Å²) >= 11 is 0. The molecule has 2 heteroatoms. The van der Waals surface area contributed by atoms with Gasteiger partial charge in [0.05, 0.1) is 11.6 Å². The van der Waals surface area contributed by atoms with Gasteiger partial charge < -0.3 is 9.13 Å². The molecule has 57 heavy (non-hydrogen) atoms. The summed E-state index contributed by atoms with van der Waals surface area (Å²) in [4.78, 5) is 0. The van der Waals surface area contributed by atoms with Crippen LogP contribution in [-0.2, 0) is 6.42 Å². The lowest BCUT2D eigenvalue weighted by Crippen LogP contribution is -2.15. The van der Waals surface area contributed by atoms with E-state index in [1.54, 1.807) is 5.57 Å². The van der Waals surface area contributed by atoms with Crippen molar-refractivity contribution in [3.05, 3.63) is 185 Å². The normalized spacial score (nSPS) is 16.7. The van der Waals surface area contributed by atoms with Crippen LogP contribution in [0, 0.1) is 6.92 Å². The van der Waals surface area contributed by atoms with E-state index in [4.69, 9.17) is 0 Å². The van der Waals surface area contributed by atoms with E-state index < -0.39 is 0 Å². The molecule has 2 nitrogen and oxygen atoms in total. The first-order chi connectivity index (χ1) is 28.1. The van der Waals surface area contributed by atoms with Gasteiger partial charge in [-0.25, -0.2) is 0 Å². The molecular weight excluding hydrogens is 689 g/mol. The number of benzene rings is 5. The van der Waals surface area contributed by atoms with Crippen molar-refractivity contribution in [2.75, 3.05) is 0 Å². The van der Waals surface area contributed by atoms with Gasteiger partial charge in [0.1, 0.15) is 0 Å². The van der Waals surface area contributed by atoms with Gasteiger partial charge >= 0.3 is 0 Å². The minimum Gasteiger partial charge on any atom is -0.333 e. The van der Waals surface area contributed by atoms with Gasteiger partial charge in [0.25, 0.3) is 0 Å². The van der Waals surface area contributed by atoms with E-state index in [0.717, 1.165) is 32.1 Å². The lowest BCUT2D eigenvalue weighted by Gasteiger charge is -2.29. The monoisotopic (exact) mass is 744 g/mol. The van der Waals surface area contributed by atoms with E-state index in [2.05, 4.69) is 195 Å². The van der Waals surface area contributed by atoms with Gasteiger partial charge in [0.2, 0.25) is 0 Å². The topological polar surface area (TPSA) is 9.86 Å². The third-order valence-electron chi connectivity index (χ3n) is 12.1. The average Bonchev–Trinajstić information content (AvgIpc) is 3.76. The van der Waals surface area contributed by atoms with Crippen molar-refractivity contribution in [1.29, 1.82) is 0 Å². The highest BCUT2D eigenvalue weighted by molar-refractivity contribution is 6.10. The van der Waals surface area contributed by atoms with Crippen LogP contribution in [0.4, 0.5) is 0 Å². The molecule has 2 aliphatic carbocycles. The third kappa shape index (κ3) is 6.86. The Morgan fingerprint density at radius 3 is 2.14 bits per heavy atom. The molecule has 7 aromatic rings. The highest BCUT2D eigenvalue weighted by atomic mass is 15.0. The number of para-hydroxylation sites is 1. The Bertz CT molecular complexity index is 2720. The van der Waals surface area contributed by atoms with E-state index in [-0.39, 0.29) is 6.04 Å². The molecule has 9 rings (SSSR count). The minimum atomic E-state index is 0.270. The van der Waals surface area contributed by atoms with Crippen LogP contribution >= 0.6 is 0 Å². The Balaban J connectivity index is 0.00000224. The molecule has 2 heterocycles. The smallest absolute Gasteiger partial charge is 0.0595 e. The lowest BCUT2D eigenvalue weighted by atomic mass is 9.84. The van der Waals surface area contributed by atoms with E-state index >= 15 is 0 Å². The molecule has 5 aromatic carbocycles. The summed E-state index contributed by atoms with van der Waals surface area (Å²) in [5.74, 6) is 0.445. The van der Waals surface area contributed by atoms with Crippen LogP contribution < -0.4 is 0 Å². The zero-order valence-corrected chi connectivity index (χ0v) is 34.6. The van der Waals surface area contributed by atoms with Gasteiger partial charge in [-0.2, -0.15) is 0 Å². The molecule has 2 atom stereocenters. The molecule has 0 saturated heterocycles. The Labute approximate surface area is 339 Å². The number of hydrogen-bond acceptors (Lipinski definition) is 0. The second-order valence-corrected chi connectivity index (χ2v) is 15.3. The number of fused-ring (bicyclic) bond motifs is 4. The van der Waals surface area contributed by atoms with Crippen molar-refractivity contribution >= 4 is 44.4 Å². The fourth-order valence-electron chi connectivity index (χ4n) is 9.47. The number of hydrogen-bond donors (Lipinski definition) is 0. The molecule has 2 aliphatic rings. The number of allylic oxidation sites excluding steroid dienone is 9. The first kappa shape index (κ1) is 38.0. The second-order valence-electron chi connectivity index (χ2n) is 15.3. The zero-order chi connectivity index (χ0) is 39.5. The quantitative estimate of drug-likeness (QED) is 0.139. The van der Waals surface area contributed by atoms with Crippen LogP contribution in [-0.4, -0.2) is 9.13 Å². The number of aromatic nitrogens is 2. The molecule has 0 N–H and O–H groups in total. The Morgan fingerprint density at radius 2 is 1.42 bits per heavy atom. The van der Waals surface area contributed by atoms with Crippen LogP contribution in [0.2, 0.25) is 0 Å². The molecule has 0 spiro atoms. The molecule has 0 saturated carbocycles. The maximum absolute atomic E-state index is 2.65. The number of aryl methyl sites for hydroxylation is 2. The minimum absolute atomic E-state index is 0.270. The fourth-order valence-corrected chi connectivity index (χ4v) is 9.47. The van der Waals surface area contributed by atoms with Gasteiger partial charge in [-0.05, 0) is 133 Å². The summed E-state index contributed by atoms with van der Waals surface area (Å²) in [6.07, 6.45) is 23.4. The summed E-state index contributed by atoms with van der Waals surface area (Å²) < 4.78 is 5.11. The van der Waals surface area contributed by atoms with Gasteiger partial charge in [0.15, 0.2) is 0 Å². The molecule has 2 aromatic heterocycles. The summed E-state index contributed by atoms with van der Waals surface area (Å²) in [6, 6.07) is 41.7. The molecule has 0 aliphatic heterocycles. The van der Waals surface area contributed by atoms with E-state index in [0.29, 0.717) is 5.92 Å².